The predicted molar refractivity (Wildman–Crippen MR) is 116 cm³/mol. The van der Waals surface area contributed by atoms with Crippen LogP contribution in [0.25, 0.3) is 10.9 Å². The molecule has 0 amide bonds. The van der Waals surface area contributed by atoms with Crippen molar-refractivity contribution in [1.29, 1.82) is 0 Å². The first-order valence-electron chi connectivity index (χ1n) is 9.89. The Labute approximate surface area is 170 Å². The van der Waals surface area contributed by atoms with Gasteiger partial charge in [0, 0.05) is 28.8 Å². The molecular weight excluding hydrogens is 370 g/mol. The molecule has 0 atom stereocenters. The number of hydrogen-bond donors (Lipinski definition) is 1. The van der Waals surface area contributed by atoms with Gasteiger partial charge >= 0.3 is 0 Å². The Kier molecular flexibility index (Phi) is 5.17. The molecule has 1 aliphatic rings. The largest absolute Gasteiger partial charge is 0.339 e. The SMILES string of the molecule is CC(C)N1CCC(c2cn(N)c3ccc(C(=O)c4ccccc4Cl)cc23)CC1. The molecule has 0 bridgehead atoms. The normalized spacial score (nSPS) is 16.1. The van der Waals surface area contributed by atoms with E-state index in [4.69, 9.17) is 17.4 Å². The fourth-order valence-corrected chi connectivity index (χ4v) is 4.50. The maximum atomic E-state index is 13.0. The average Bonchev–Trinajstić information content (AvgIpc) is 3.04. The Bertz CT molecular complexity index is 1020. The van der Waals surface area contributed by atoms with Crippen LogP contribution in [0.4, 0.5) is 0 Å². The highest BCUT2D eigenvalue weighted by Crippen LogP contribution is 2.35. The van der Waals surface area contributed by atoms with E-state index in [1.165, 1.54) is 5.56 Å². The van der Waals surface area contributed by atoms with Crippen LogP contribution in [0.2, 0.25) is 5.02 Å². The number of nitrogen functional groups attached to an aromatic ring is 1. The first-order chi connectivity index (χ1) is 13.5. The van der Waals surface area contributed by atoms with Gasteiger partial charge in [-0.25, -0.2) is 0 Å². The van der Waals surface area contributed by atoms with E-state index in [-0.39, 0.29) is 5.78 Å². The highest BCUT2D eigenvalue weighted by molar-refractivity contribution is 6.35. The number of carbonyl (C=O) groups excluding carboxylic acids is 1. The zero-order valence-electron chi connectivity index (χ0n) is 16.4. The molecule has 1 aliphatic heterocycles. The number of ketones is 1. The summed E-state index contributed by atoms with van der Waals surface area (Å²) in [6.07, 6.45) is 4.25. The minimum Gasteiger partial charge on any atom is -0.339 e. The number of likely N-dealkylation sites (tertiary alicyclic amines) is 1. The van der Waals surface area contributed by atoms with Gasteiger partial charge in [0.15, 0.2) is 5.78 Å². The summed E-state index contributed by atoms with van der Waals surface area (Å²) in [5.74, 6) is 6.63. The van der Waals surface area contributed by atoms with Crippen molar-refractivity contribution in [3.05, 3.63) is 70.4 Å². The Balaban J connectivity index is 1.69. The highest BCUT2D eigenvalue weighted by atomic mass is 35.5. The van der Waals surface area contributed by atoms with E-state index >= 15 is 0 Å². The van der Waals surface area contributed by atoms with Gasteiger partial charge < -0.3 is 10.7 Å². The Hall–Kier alpha value is -2.30. The molecule has 0 spiro atoms. The van der Waals surface area contributed by atoms with Crippen molar-refractivity contribution >= 4 is 28.3 Å². The molecule has 1 aromatic heterocycles. The number of aromatic nitrogens is 1. The number of fused-ring (bicyclic) bond motifs is 1. The summed E-state index contributed by atoms with van der Waals surface area (Å²) in [6.45, 7) is 6.69. The smallest absolute Gasteiger partial charge is 0.194 e. The number of nitrogens with two attached hydrogens (primary N) is 1. The topological polar surface area (TPSA) is 51.3 Å². The van der Waals surface area contributed by atoms with Crippen molar-refractivity contribution < 1.29 is 4.79 Å². The Morgan fingerprint density at radius 1 is 1.14 bits per heavy atom. The number of carbonyl (C=O) groups is 1. The van der Waals surface area contributed by atoms with E-state index in [2.05, 4.69) is 18.7 Å². The maximum Gasteiger partial charge on any atom is 0.194 e. The quantitative estimate of drug-likeness (QED) is 0.508. The standard InChI is InChI=1S/C23H26ClN3O/c1-15(2)26-11-9-16(10-12-26)20-14-27(25)22-8-7-17(13-19(20)22)23(28)18-5-3-4-6-21(18)24/h3-8,13-16H,9-12,25H2,1-2H3. The van der Waals surface area contributed by atoms with Gasteiger partial charge in [-0.05, 0) is 81.6 Å². The molecule has 3 aromatic rings. The van der Waals surface area contributed by atoms with Gasteiger partial charge in [0.1, 0.15) is 0 Å². The zero-order chi connectivity index (χ0) is 19.8. The third-order valence-electron chi connectivity index (χ3n) is 5.94. The monoisotopic (exact) mass is 395 g/mol. The van der Waals surface area contributed by atoms with E-state index in [0.29, 0.717) is 28.1 Å². The van der Waals surface area contributed by atoms with E-state index in [0.717, 1.165) is 36.8 Å². The van der Waals surface area contributed by atoms with E-state index in [9.17, 15) is 4.79 Å². The van der Waals surface area contributed by atoms with Crippen LogP contribution in [0.5, 0.6) is 0 Å². The van der Waals surface area contributed by atoms with Crippen molar-refractivity contribution in [2.75, 3.05) is 18.9 Å². The minimum absolute atomic E-state index is 0.0575. The van der Waals surface area contributed by atoms with E-state index < -0.39 is 0 Å². The van der Waals surface area contributed by atoms with Crippen LogP contribution in [0.15, 0.2) is 48.7 Å². The Morgan fingerprint density at radius 2 is 1.86 bits per heavy atom. The first-order valence-corrected chi connectivity index (χ1v) is 10.3. The minimum atomic E-state index is -0.0575. The fourth-order valence-electron chi connectivity index (χ4n) is 4.28. The summed E-state index contributed by atoms with van der Waals surface area (Å²) in [4.78, 5) is 15.5. The third kappa shape index (κ3) is 3.43. The van der Waals surface area contributed by atoms with E-state index in [1.807, 2.05) is 36.5 Å². The lowest BCUT2D eigenvalue weighted by molar-refractivity contribution is 0.103. The van der Waals surface area contributed by atoms with E-state index in [1.54, 1.807) is 16.8 Å². The molecule has 0 aliphatic carbocycles. The lowest BCUT2D eigenvalue weighted by atomic mass is 9.88. The fraction of sp³-hybridized carbons (Fsp3) is 0.348. The number of hydrogen-bond acceptors (Lipinski definition) is 3. The molecule has 1 fully saturated rings. The molecule has 0 radical (unpaired) electrons. The molecule has 28 heavy (non-hydrogen) atoms. The molecule has 1 saturated heterocycles. The summed E-state index contributed by atoms with van der Waals surface area (Å²) in [5.41, 5.74) is 3.38. The number of benzene rings is 2. The number of nitrogens with zero attached hydrogens (tertiary/aromatic N) is 2. The lowest BCUT2D eigenvalue weighted by Gasteiger charge is -2.34. The van der Waals surface area contributed by atoms with Crippen LogP contribution in [-0.4, -0.2) is 34.5 Å². The first kappa shape index (κ1) is 19.0. The predicted octanol–water partition coefficient (Wildman–Crippen LogP) is 4.83. The van der Waals surface area contributed by atoms with Crippen LogP contribution in [-0.2, 0) is 0 Å². The van der Waals surface area contributed by atoms with Crippen LogP contribution >= 0.6 is 11.6 Å². The molecule has 2 N–H and O–H groups in total. The number of halogens is 1. The van der Waals surface area contributed by atoms with Crippen molar-refractivity contribution in [3.8, 4) is 0 Å². The Morgan fingerprint density at radius 3 is 2.54 bits per heavy atom. The number of rotatable bonds is 4. The second kappa shape index (κ2) is 7.61. The van der Waals surface area contributed by atoms with Crippen LogP contribution < -0.4 is 5.84 Å². The van der Waals surface area contributed by atoms with Crippen LogP contribution in [0.3, 0.4) is 0 Å². The van der Waals surface area contributed by atoms with Gasteiger partial charge in [-0.15, -0.1) is 0 Å². The average molecular weight is 396 g/mol. The maximum absolute atomic E-state index is 13.0. The second-order valence-electron chi connectivity index (χ2n) is 7.94. The van der Waals surface area contributed by atoms with Crippen LogP contribution in [0.1, 0.15) is 54.1 Å². The molecular formula is C23H26ClN3O. The summed E-state index contributed by atoms with van der Waals surface area (Å²) < 4.78 is 1.68. The van der Waals surface area contributed by atoms with Crippen molar-refractivity contribution in [3.63, 3.8) is 0 Å². The summed E-state index contributed by atoms with van der Waals surface area (Å²) in [6, 6.07) is 13.5. The lowest BCUT2D eigenvalue weighted by Crippen LogP contribution is -2.37. The summed E-state index contributed by atoms with van der Waals surface area (Å²) in [7, 11) is 0. The van der Waals surface area contributed by atoms with Crippen molar-refractivity contribution in [2.24, 2.45) is 0 Å². The zero-order valence-corrected chi connectivity index (χ0v) is 17.1. The molecule has 2 aromatic carbocycles. The van der Waals surface area contributed by atoms with Crippen molar-refractivity contribution in [2.45, 2.75) is 38.6 Å². The van der Waals surface area contributed by atoms with Gasteiger partial charge in [0.05, 0.1) is 10.5 Å². The highest BCUT2D eigenvalue weighted by Gasteiger charge is 2.25. The molecule has 5 heteroatoms. The van der Waals surface area contributed by atoms with Gasteiger partial charge in [-0.3, -0.25) is 9.47 Å². The molecule has 4 nitrogen and oxygen atoms in total. The van der Waals surface area contributed by atoms with Gasteiger partial charge in [-0.1, -0.05) is 23.7 Å². The second-order valence-corrected chi connectivity index (χ2v) is 8.34. The van der Waals surface area contributed by atoms with Crippen molar-refractivity contribution in [1.82, 2.24) is 9.58 Å². The van der Waals surface area contributed by atoms with Crippen LogP contribution in [0, 0.1) is 0 Å². The number of piperidine rings is 1. The van der Waals surface area contributed by atoms with Gasteiger partial charge in [0.2, 0.25) is 0 Å². The molecule has 146 valence electrons. The molecule has 4 rings (SSSR count). The summed E-state index contributed by atoms with van der Waals surface area (Å²) >= 11 is 6.23. The molecule has 2 heterocycles. The van der Waals surface area contributed by atoms with Gasteiger partial charge in [0.25, 0.3) is 0 Å². The third-order valence-corrected chi connectivity index (χ3v) is 6.27. The molecule has 0 saturated carbocycles. The van der Waals surface area contributed by atoms with Gasteiger partial charge in [-0.2, -0.15) is 0 Å². The molecule has 0 unspecified atom stereocenters. The summed E-state index contributed by atoms with van der Waals surface area (Å²) in [5, 5.41) is 1.55.